The molecule has 0 rings (SSSR count). The molecule has 1 N–H and O–H groups in total. The lowest BCUT2D eigenvalue weighted by atomic mass is 10.2. The Morgan fingerprint density at radius 1 is 1.54 bits per heavy atom. The van der Waals surface area contributed by atoms with Gasteiger partial charge in [0.1, 0.15) is 5.60 Å². The first-order valence-corrected chi connectivity index (χ1v) is 4.58. The van der Waals surface area contributed by atoms with Crippen molar-refractivity contribution in [2.75, 3.05) is 12.4 Å². The summed E-state index contributed by atoms with van der Waals surface area (Å²) in [4.78, 5) is 11.1. The van der Waals surface area contributed by atoms with Crippen LogP contribution in [0.25, 0.3) is 0 Å². The fourth-order valence-corrected chi connectivity index (χ4v) is 0.653. The minimum atomic E-state index is -0.466. The van der Waals surface area contributed by atoms with E-state index in [1.807, 2.05) is 20.8 Å². The van der Waals surface area contributed by atoms with Gasteiger partial charge in [0.05, 0.1) is 0 Å². The lowest BCUT2D eigenvalue weighted by Gasteiger charge is -2.19. The van der Waals surface area contributed by atoms with Crippen LogP contribution in [0.5, 0.6) is 0 Å². The van der Waals surface area contributed by atoms with Gasteiger partial charge in [-0.15, -0.1) is 11.6 Å². The zero-order valence-corrected chi connectivity index (χ0v) is 9.07. The number of nitrogens with one attached hydrogen (secondary N) is 1. The zero-order valence-electron chi connectivity index (χ0n) is 8.32. The van der Waals surface area contributed by atoms with Crippen LogP contribution in [-0.2, 0) is 4.74 Å². The van der Waals surface area contributed by atoms with Crippen molar-refractivity contribution in [1.82, 2.24) is 5.32 Å². The van der Waals surface area contributed by atoms with Gasteiger partial charge in [-0.25, -0.2) is 4.79 Å². The molecule has 1 amide bonds. The third kappa shape index (κ3) is 7.65. The maximum Gasteiger partial charge on any atom is 0.407 e. The van der Waals surface area contributed by atoms with Gasteiger partial charge in [0.15, 0.2) is 0 Å². The molecule has 76 valence electrons. The SMILES string of the molecule is C=C(CCl)CNC(=O)OC(C)(C)C. The van der Waals surface area contributed by atoms with Crippen LogP contribution in [0.1, 0.15) is 20.8 Å². The third-order valence-corrected chi connectivity index (χ3v) is 1.45. The largest absolute Gasteiger partial charge is 0.444 e. The minimum Gasteiger partial charge on any atom is -0.444 e. The molecular weight excluding hydrogens is 190 g/mol. The second kappa shape index (κ2) is 5.12. The molecule has 0 bridgehead atoms. The van der Waals surface area contributed by atoms with Gasteiger partial charge in [-0.1, -0.05) is 6.58 Å². The number of hydrogen-bond acceptors (Lipinski definition) is 2. The van der Waals surface area contributed by atoms with E-state index in [2.05, 4.69) is 11.9 Å². The monoisotopic (exact) mass is 205 g/mol. The van der Waals surface area contributed by atoms with Crippen LogP contribution in [0.15, 0.2) is 12.2 Å². The molecule has 0 aromatic carbocycles. The maximum atomic E-state index is 11.1. The van der Waals surface area contributed by atoms with Gasteiger partial charge >= 0.3 is 6.09 Å². The first-order chi connectivity index (χ1) is 5.85. The Morgan fingerprint density at radius 2 is 2.08 bits per heavy atom. The van der Waals surface area contributed by atoms with Gasteiger partial charge in [0, 0.05) is 12.4 Å². The average Bonchev–Trinajstić information content (AvgIpc) is 1.97. The summed E-state index contributed by atoms with van der Waals surface area (Å²) in [6, 6.07) is 0. The first-order valence-electron chi connectivity index (χ1n) is 4.04. The summed E-state index contributed by atoms with van der Waals surface area (Å²) in [6.45, 7) is 9.42. The van der Waals surface area contributed by atoms with Crippen LogP contribution in [0.4, 0.5) is 4.79 Å². The predicted molar refractivity (Wildman–Crippen MR) is 54.1 cm³/mol. The van der Waals surface area contributed by atoms with Gasteiger partial charge in [-0.3, -0.25) is 0 Å². The summed E-state index contributed by atoms with van der Waals surface area (Å²) in [5.41, 5.74) is 0.291. The standard InChI is InChI=1S/C9H16ClNO2/c1-7(5-10)6-11-8(12)13-9(2,3)4/h1,5-6H2,2-4H3,(H,11,12). The maximum absolute atomic E-state index is 11.1. The van der Waals surface area contributed by atoms with E-state index in [1.54, 1.807) is 0 Å². The summed E-state index contributed by atoms with van der Waals surface area (Å²) in [5.74, 6) is 0.343. The van der Waals surface area contributed by atoms with E-state index in [0.29, 0.717) is 12.4 Å². The highest BCUT2D eigenvalue weighted by atomic mass is 35.5. The van der Waals surface area contributed by atoms with E-state index in [9.17, 15) is 4.79 Å². The van der Waals surface area contributed by atoms with Crippen LogP contribution < -0.4 is 5.32 Å². The van der Waals surface area contributed by atoms with Crippen molar-refractivity contribution in [2.45, 2.75) is 26.4 Å². The Kier molecular flexibility index (Phi) is 4.85. The van der Waals surface area contributed by atoms with Crippen molar-refractivity contribution in [3.8, 4) is 0 Å². The molecule has 0 aliphatic heterocycles. The van der Waals surface area contributed by atoms with E-state index in [1.165, 1.54) is 0 Å². The second-order valence-electron chi connectivity index (χ2n) is 3.74. The smallest absolute Gasteiger partial charge is 0.407 e. The molecule has 0 aliphatic carbocycles. The number of hydrogen-bond donors (Lipinski definition) is 1. The lowest BCUT2D eigenvalue weighted by Crippen LogP contribution is -2.33. The topological polar surface area (TPSA) is 38.3 Å². The van der Waals surface area contributed by atoms with Crippen molar-refractivity contribution >= 4 is 17.7 Å². The van der Waals surface area contributed by atoms with E-state index < -0.39 is 11.7 Å². The Labute approximate surface area is 84.1 Å². The van der Waals surface area contributed by atoms with Crippen molar-refractivity contribution < 1.29 is 9.53 Å². The van der Waals surface area contributed by atoms with Gasteiger partial charge in [-0.05, 0) is 26.3 Å². The van der Waals surface area contributed by atoms with E-state index in [4.69, 9.17) is 16.3 Å². The van der Waals surface area contributed by atoms with Crippen molar-refractivity contribution in [3.05, 3.63) is 12.2 Å². The molecule has 0 aromatic heterocycles. The van der Waals surface area contributed by atoms with Gasteiger partial charge in [-0.2, -0.15) is 0 Å². The molecule has 4 heteroatoms. The normalized spacial score (nSPS) is 10.8. The Morgan fingerprint density at radius 3 is 2.46 bits per heavy atom. The van der Waals surface area contributed by atoms with Crippen molar-refractivity contribution in [2.24, 2.45) is 0 Å². The third-order valence-electron chi connectivity index (χ3n) is 1.07. The average molecular weight is 206 g/mol. The number of rotatable bonds is 3. The molecule has 0 aromatic rings. The summed E-state index contributed by atoms with van der Waals surface area (Å²) in [6.07, 6.45) is -0.446. The molecular formula is C9H16ClNO2. The zero-order chi connectivity index (χ0) is 10.5. The molecule has 0 atom stereocenters. The van der Waals surface area contributed by atoms with Crippen molar-refractivity contribution in [1.29, 1.82) is 0 Å². The highest BCUT2D eigenvalue weighted by Crippen LogP contribution is 2.06. The molecule has 0 aliphatic rings. The molecule has 0 spiro atoms. The highest BCUT2D eigenvalue weighted by molar-refractivity contribution is 6.19. The van der Waals surface area contributed by atoms with Crippen LogP contribution >= 0.6 is 11.6 Å². The lowest BCUT2D eigenvalue weighted by molar-refractivity contribution is 0.0533. The van der Waals surface area contributed by atoms with Gasteiger partial charge in [0.25, 0.3) is 0 Å². The Hall–Kier alpha value is -0.700. The minimum absolute atomic E-state index is 0.343. The van der Waals surface area contributed by atoms with Crippen LogP contribution in [0, 0.1) is 0 Å². The van der Waals surface area contributed by atoms with E-state index >= 15 is 0 Å². The number of ether oxygens (including phenoxy) is 1. The van der Waals surface area contributed by atoms with Crippen molar-refractivity contribution in [3.63, 3.8) is 0 Å². The number of alkyl carbamates (subject to hydrolysis) is 1. The summed E-state index contributed by atoms with van der Waals surface area (Å²) in [5, 5.41) is 2.54. The summed E-state index contributed by atoms with van der Waals surface area (Å²) >= 11 is 5.48. The van der Waals surface area contributed by atoms with Gasteiger partial charge in [0.2, 0.25) is 0 Å². The number of carbonyl (C=O) groups excluding carboxylic acids is 1. The Bertz CT molecular complexity index is 196. The Balaban J connectivity index is 3.71. The first kappa shape index (κ1) is 12.3. The second-order valence-corrected chi connectivity index (χ2v) is 4.01. The summed E-state index contributed by atoms with van der Waals surface area (Å²) in [7, 11) is 0. The fraction of sp³-hybridized carbons (Fsp3) is 0.667. The number of alkyl halides is 1. The van der Waals surface area contributed by atoms with E-state index in [0.717, 1.165) is 5.57 Å². The van der Waals surface area contributed by atoms with E-state index in [-0.39, 0.29) is 0 Å². The fourth-order valence-electron chi connectivity index (χ4n) is 0.559. The number of carbonyl (C=O) groups is 1. The number of halogens is 1. The summed E-state index contributed by atoms with van der Waals surface area (Å²) < 4.78 is 5.00. The van der Waals surface area contributed by atoms with Gasteiger partial charge < -0.3 is 10.1 Å². The molecule has 0 unspecified atom stereocenters. The molecule has 13 heavy (non-hydrogen) atoms. The molecule has 0 fully saturated rings. The van der Waals surface area contributed by atoms with Crippen LogP contribution in [0.2, 0.25) is 0 Å². The van der Waals surface area contributed by atoms with Crippen LogP contribution in [-0.4, -0.2) is 24.1 Å². The molecule has 0 saturated carbocycles. The molecule has 0 heterocycles. The van der Waals surface area contributed by atoms with Crippen LogP contribution in [0.3, 0.4) is 0 Å². The predicted octanol–water partition coefficient (Wildman–Crippen LogP) is 2.31. The molecule has 0 radical (unpaired) electrons. The quantitative estimate of drug-likeness (QED) is 0.567. The molecule has 0 saturated heterocycles. The highest BCUT2D eigenvalue weighted by Gasteiger charge is 2.15. The number of amides is 1. The molecule has 3 nitrogen and oxygen atoms in total.